The van der Waals surface area contributed by atoms with Crippen LogP contribution in [0.15, 0.2) is 18.2 Å². The second-order valence-corrected chi connectivity index (χ2v) is 4.51. The summed E-state index contributed by atoms with van der Waals surface area (Å²) in [5, 5.41) is 12.2. The number of nitrogens with zero attached hydrogens (tertiary/aromatic N) is 1. The van der Waals surface area contributed by atoms with Gasteiger partial charge in [0.05, 0.1) is 5.69 Å². The van der Waals surface area contributed by atoms with E-state index in [0.29, 0.717) is 12.5 Å². The van der Waals surface area contributed by atoms with Crippen molar-refractivity contribution in [3.63, 3.8) is 0 Å². The normalized spacial score (nSPS) is 16.7. The van der Waals surface area contributed by atoms with E-state index in [1.807, 2.05) is 6.07 Å². The Kier molecular flexibility index (Phi) is 4.66. The summed E-state index contributed by atoms with van der Waals surface area (Å²) in [6.45, 7) is 3.24. The Balaban J connectivity index is 1.78. The maximum absolute atomic E-state index is 10.8. The first-order valence-corrected chi connectivity index (χ1v) is 6.23. The molecule has 98 valence electrons. The first-order valence-electron chi connectivity index (χ1n) is 6.23. The lowest BCUT2D eigenvalue weighted by Gasteiger charge is -2.22. The highest BCUT2D eigenvalue weighted by molar-refractivity contribution is 5.85. The molecule has 2 N–H and O–H groups in total. The van der Waals surface area contributed by atoms with E-state index in [1.165, 1.54) is 6.07 Å². The van der Waals surface area contributed by atoms with E-state index in [2.05, 4.69) is 10.3 Å². The second kappa shape index (κ2) is 6.47. The molecule has 5 heteroatoms. The van der Waals surface area contributed by atoms with Crippen LogP contribution in [0.25, 0.3) is 0 Å². The Bertz CT molecular complexity index is 403. The molecule has 1 saturated heterocycles. The Labute approximate surface area is 106 Å². The number of nitrogens with one attached hydrogen (secondary N) is 1. The molecule has 2 rings (SSSR count). The average molecular weight is 250 g/mol. The van der Waals surface area contributed by atoms with Crippen molar-refractivity contribution < 1.29 is 14.6 Å². The Morgan fingerprint density at radius 3 is 2.94 bits per heavy atom. The van der Waals surface area contributed by atoms with E-state index in [0.717, 1.165) is 38.3 Å². The van der Waals surface area contributed by atoms with E-state index in [1.54, 1.807) is 6.07 Å². The predicted octanol–water partition coefficient (Wildman–Crippen LogP) is 1.30. The van der Waals surface area contributed by atoms with Crippen molar-refractivity contribution in [1.82, 2.24) is 10.3 Å². The summed E-state index contributed by atoms with van der Waals surface area (Å²) in [6, 6.07) is 5.07. The zero-order valence-electron chi connectivity index (χ0n) is 10.3. The van der Waals surface area contributed by atoms with Gasteiger partial charge in [-0.25, -0.2) is 9.78 Å². The summed E-state index contributed by atoms with van der Waals surface area (Å²) in [7, 11) is 0. The molecule has 0 atom stereocenters. The molecule has 1 aromatic rings. The van der Waals surface area contributed by atoms with Crippen molar-refractivity contribution in [1.29, 1.82) is 0 Å². The van der Waals surface area contributed by atoms with Crippen LogP contribution >= 0.6 is 0 Å². The minimum Gasteiger partial charge on any atom is -0.477 e. The van der Waals surface area contributed by atoms with Crippen LogP contribution in [0.1, 0.15) is 29.0 Å². The largest absolute Gasteiger partial charge is 0.477 e. The molecule has 1 aliphatic heterocycles. The third kappa shape index (κ3) is 3.78. The number of carbonyl (C=O) groups is 1. The SMILES string of the molecule is O=C(O)c1cccc(CNCC2CCOCC2)n1. The van der Waals surface area contributed by atoms with Gasteiger partial charge >= 0.3 is 5.97 Å². The van der Waals surface area contributed by atoms with Crippen LogP contribution in [-0.4, -0.2) is 35.8 Å². The molecular weight excluding hydrogens is 232 g/mol. The first-order chi connectivity index (χ1) is 8.75. The van der Waals surface area contributed by atoms with Gasteiger partial charge in [-0.15, -0.1) is 0 Å². The van der Waals surface area contributed by atoms with Gasteiger partial charge in [-0.05, 0) is 37.4 Å². The van der Waals surface area contributed by atoms with Gasteiger partial charge in [0.15, 0.2) is 0 Å². The van der Waals surface area contributed by atoms with Gasteiger partial charge < -0.3 is 15.2 Å². The zero-order chi connectivity index (χ0) is 12.8. The van der Waals surface area contributed by atoms with Crippen molar-refractivity contribution in [3.05, 3.63) is 29.6 Å². The summed E-state index contributed by atoms with van der Waals surface area (Å²) >= 11 is 0. The summed E-state index contributed by atoms with van der Waals surface area (Å²) in [6.07, 6.45) is 2.19. The van der Waals surface area contributed by atoms with Gasteiger partial charge in [0.2, 0.25) is 0 Å². The standard InChI is InChI=1S/C13H18N2O3/c16-13(17)12-3-1-2-11(15-12)9-14-8-10-4-6-18-7-5-10/h1-3,10,14H,4-9H2,(H,16,17). The fraction of sp³-hybridized carbons (Fsp3) is 0.538. The molecule has 0 spiro atoms. The van der Waals surface area contributed by atoms with E-state index in [4.69, 9.17) is 9.84 Å². The lowest BCUT2D eigenvalue weighted by atomic mass is 10.0. The van der Waals surface area contributed by atoms with Crippen molar-refractivity contribution in [2.45, 2.75) is 19.4 Å². The minimum atomic E-state index is -0.985. The number of hydrogen-bond donors (Lipinski definition) is 2. The van der Waals surface area contributed by atoms with Crippen LogP contribution in [0.3, 0.4) is 0 Å². The average Bonchev–Trinajstić information content (AvgIpc) is 2.40. The van der Waals surface area contributed by atoms with Crippen LogP contribution in [-0.2, 0) is 11.3 Å². The number of carboxylic acid groups (broad SMARTS) is 1. The highest BCUT2D eigenvalue weighted by Crippen LogP contribution is 2.13. The third-order valence-corrected chi connectivity index (χ3v) is 3.11. The molecule has 18 heavy (non-hydrogen) atoms. The number of aromatic nitrogens is 1. The Morgan fingerprint density at radius 2 is 2.22 bits per heavy atom. The first kappa shape index (κ1) is 13.0. The molecule has 2 heterocycles. The molecule has 0 amide bonds. The summed E-state index contributed by atoms with van der Waals surface area (Å²) < 4.78 is 5.30. The topological polar surface area (TPSA) is 71.5 Å². The fourth-order valence-electron chi connectivity index (χ4n) is 2.05. The van der Waals surface area contributed by atoms with Gasteiger partial charge in [-0.2, -0.15) is 0 Å². The lowest BCUT2D eigenvalue weighted by Crippen LogP contribution is -2.27. The molecule has 0 aliphatic carbocycles. The predicted molar refractivity (Wildman–Crippen MR) is 66.4 cm³/mol. The summed E-state index contributed by atoms with van der Waals surface area (Å²) in [5.74, 6) is -0.331. The minimum absolute atomic E-state index is 0.0976. The molecule has 0 bridgehead atoms. The molecule has 1 fully saturated rings. The van der Waals surface area contributed by atoms with E-state index in [-0.39, 0.29) is 5.69 Å². The van der Waals surface area contributed by atoms with Crippen LogP contribution in [0, 0.1) is 5.92 Å². The Hall–Kier alpha value is -1.46. The fourth-order valence-corrected chi connectivity index (χ4v) is 2.05. The number of hydrogen-bond acceptors (Lipinski definition) is 4. The summed E-state index contributed by atoms with van der Waals surface area (Å²) in [5.41, 5.74) is 0.863. The van der Waals surface area contributed by atoms with Gasteiger partial charge in [0.1, 0.15) is 5.69 Å². The highest BCUT2D eigenvalue weighted by atomic mass is 16.5. The molecule has 5 nitrogen and oxygen atoms in total. The van der Waals surface area contributed by atoms with Gasteiger partial charge in [-0.1, -0.05) is 6.07 Å². The molecule has 0 aromatic carbocycles. The number of rotatable bonds is 5. The summed E-state index contributed by atoms with van der Waals surface area (Å²) in [4.78, 5) is 14.8. The molecule has 0 saturated carbocycles. The van der Waals surface area contributed by atoms with Crippen molar-refractivity contribution in [2.75, 3.05) is 19.8 Å². The van der Waals surface area contributed by atoms with Crippen LogP contribution in [0.4, 0.5) is 0 Å². The number of carboxylic acids is 1. The Morgan fingerprint density at radius 1 is 1.44 bits per heavy atom. The van der Waals surface area contributed by atoms with Gasteiger partial charge in [0, 0.05) is 19.8 Å². The number of ether oxygens (including phenoxy) is 1. The molecule has 0 unspecified atom stereocenters. The monoisotopic (exact) mass is 250 g/mol. The molecule has 0 radical (unpaired) electrons. The highest BCUT2D eigenvalue weighted by Gasteiger charge is 2.13. The number of pyridine rings is 1. The van der Waals surface area contributed by atoms with E-state index in [9.17, 15) is 4.79 Å². The lowest BCUT2D eigenvalue weighted by molar-refractivity contribution is 0.0661. The van der Waals surface area contributed by atoms with Crippen LogP contribution < -0.4 is 5.32 Å². The van der Waals surface area contributed by atoms with Crippen molar-refractivity contribution in [3.8, 4) is 0 Å². The molecular formula is C13H18N2O3. The van der Waals surface area contributed by atoms with Crippen molar-refractivity contribution >= 4 is 5.97 Å². The zero-order valence-corrected chi connectivity index (χ0v) is 10.3. The maximum atomic E-state index is 10.8. The van der Waals surface area contributed by atoms with Gasteiger partial charge in [0.25, 0.3) is 0 Å². The van der Waals surface area contributed by atoms with E-state index < -0.39 is 5.97 Å². The van der Waals surface area contributed by atoms with Crippen LogP contribution in [0.5, 0.6) is 0 Å². The van der Waals surface area contributed by atoms with E-state index >= 15 is 0 Å². The van der Waals surface area contributed by atoms with Crippen molar-refractivity contribution in [2.24, 2.45) is 5.92 Å². The second-order valence-electron chi connectivity index (χ2n) is 4.51. The number of aromatic carboxylic acids is 1. The smallest absolute Gasteiger partial charge is 0.354 e. The maximum Gasteiger partial charge on any atom is 0.354 e. The third-order valence-electron chi connectivity index (χ3n) is 3.11. The quantitative estimate of drug-likeness (QED) is 0.824. The molecule has 1 aromatic heterocycles. The van der Waals surface area contributed by atoms with Gasteiger partial charge in [-0.3, -0.25) is 0 Å². The molecule has 1 aliphatic rings. The van der Waals surface area contributed by atoms with Crippen LogP contribution in [0.2, 0.25) is 0 Å².